The number of aromatic nitrogens is 1. The lowest BCUT2D eigenvalue weighted by atomic mass is 10.00. The van der Waals surface area contributed by atoms with Gasteiger partial charge in [-0.3, -0.25) is 4.98 Å². The Morgan fingerprint density at radius 1 is 1.33 bits per heavy atom. The summed E-state index contributed by atoms with van der Waals surface area (Å²) in [6, 6.07) is 6.26. The highest BCUT2D eigenvalue weighted by atomic mass is 79.9. The van der Waals surface area contributed by atoms with Gasteiger partial charge in [-0.05, 0) is 51.7 Å². The molecule has 0 aliphatic heterocycles. The van der Waals surface area contributed by atoms with E-state index in [9.17, 15) is 4.39 Å². The summed E-state index contributed by atoms with van der Waals surface area (Å²) in [5.41, 5.74) is 14.3. The smallest absolute Gasteiger partial charge is 0.137 e. The minimum Gasteiger partial charge on any atom is -0.398 e. The number of pyridine rings is 1. The molecule has 0 spiro atoms. The van der Waals surface area contributed by atoms with Gasteiger partial charge in [-0.25, -0.2) is 4.39 Å². The molecule has 0 aliphatic carbocycles. The highest BCUT2D eigenvalue weighted by Crippen LogP contribution is 2.23. The van der Waals surface area contributed by atoms with E-state index in [-0.39, 0.29) is 11.9 Å². The number of rotatable bonds is 3. The van der Waals surface area contributed by atoms with Crippen LogP contribution >= 0.6 is 15.9 Å². The average molecular weight is 310 g/mol. The van der Waals surface area contributed by atoms with Gasteiger partial charge in [-0.15, -0.1) is 0 Å². The monoisotopic (exact) mass is 309 g/mol. The van der Waals surface area contributed by atoms with Gasteiger partial charge in [-0.1, -0.05) is 6.07 Å². The van der Waals surface area contributed by atoms with Crippen molar-refractivity contribution < 1.29 is 4.39 Å². The summed E-state index contributed by atoms with van der Waals surface area (Å²) < 4.78 is 13.5. The Balaban J connectivity index is 2.19. The number of hydrogen-bond acceptors (Lipinski definition) is 3. The quantitative estimate of drug-likeness (QED) is 0.916. The normalized spacial score (nSPS) is 12.4. The molecular formula is C13H13BrFN3. The molecule has 1 unspecified atom stereocenters. The third-order valence-electron chi connectivity index (χ3n) is 2.75. The van der Waals surface area contributed by atoms with Gasteiger partial charge in [0.05, 0.1) is 4.47 Å². The molecule has 0 bridgehead atoms. The highest BCUT2D eigenvalue weighted by molar-refractivity contribution is 9.10. The number of hydrogen-bond donors (Lipinski definition) is 2. The molecule has 1 atom stereocenters. The maximum Gasteiger partial charge on any atom is 0.137 e. The maximum absolute atomic E-state index is 13.1. The number of nitrogens with zero attached hydrogens (tertiary/aromatic N) is 1. The molecule has 0 radical (unpaired) electrons. The van der Waals surface area contributed by atoms with Crippen LogP contribution in [-0.2, 0) is 6.42 Å². The number of nitrogen functional groups attached to an aromatic ring is 1. The Hall–Kier alpha value is -1.46. The highest BCUT2D eigenvalue weighted by Gasteiger charge is 2.11. The van der Waals surface area contributed by atoms with Gasteiger partial charge >= 0.3 is 0 Å². The van der Waals surface area contributed by atoms with E-state index >= 15 is 0 Å². The lowest BCUT2D eigenvalue weighted by Crippen LogP contribution is -2.14. The van der Waals surface area contributed by atoms with Crippen LogP contribution in [0.2, 0.25) is 0 Å². The standard InChI is InChI=1S/C13H13BrFN3/c14-10-5-8(1-2-11(10)15)13(17)6-9-7-18-4-3-12(9)16/h1-5,7,13H,6,17H2,(H2,16,18). The van der Waals surface area contributed by atoms with E-state index < -0.39 is 0 Å². The van der Waals surface area contributed by atoms with Crippen molar-refractivity contribution in [1.82, 2.24) is 4.98 Å². The van der Waals surface area contributed by atoms with Crippen molar-refractivity contribution in [2.75, 3.05) is 5.73 Å². The van der Waals surface area contributed by atoms with E-state index in [1.54, 1.807) is 30.6 Å². The second-order valence-corrected chi connectivity index (χ2v) is 4.91. The molecule has 0 amide bonds. The van der Waals surface area contributed by atoms with E-state index in [2.05, 4.69) is 20.9 Å². The summed E-state index contributed by atoms with van der Waals surface area (Å²) in [6.45, 7) is 0. The Kier molecular flexibility index (Phi) is 3.93. The average Bonchev–Trinajstić information content (AvgIpc) is 2.35. The minimum atomic E-state index is -0.299. The molecule has 0 saturated heterocycles. The molecule has 4 N–H and O–H groups in total. The molecule has 94 valence electrons. The first kappa shape index (κ1) is 13.0. The van der Waals surface area contributed by atoms with Gasteiger partial charge in [0.1, 0.15) is 5.82 Å². The van der Waals surface area contributed by atoms with Gasteiger partial charge in [0.25, 0.3) is 0 Å². The van der Waals surface area contributed by atoms with Crippen molar-refractivity contribution in [3.05, 3.63) is 58.1 Å². The second-order valence-electron chi connectivity index (χ2n) is 4.06. The fourth-order valence-electron chi connectivity index (χ4n) is 1.71. The third kappa shape index (κ3) is 2.86. The largest absolute Gasteiger partial charge is 0.398 e. The van der Waals surface area contributed by atoms with Crippen LogP contribution in [0.25, 0.3) is 0 Å². The van der Waals surface area contributed by atoms with Crippen LogP contribution in [0.4, 0.5) is 10.1 Å². The van der Waals surface area contributed by atoms with Gasteiger partial charge in [-0.2, -0.15) is 0 Å². The molecule has 1 aromatic carbocycles. The summed E-state index contributed by atoms with van der Waals surface area (Å²) >= 11 is 3.15. The van der Waals surface area contributed by atoms with E-state index in [4.69, 9.17) is 11.5 Å². The molecular weight excluding hydrogens is 297 g/mol. The molecule has 18 heavy (non-hydrogen) atoms. The van der Waals surface area contributed by atoms with Crippen LogP contribution < -0.4 is 11.5 Å². The molecule has 5 heteroatoms. The zero-order valence-corrected chi connectivity index (χ0v) is 11.2. The third-order valence-corrected chi connectivity index (χ3v) is 3.36. The van der Waals surface area contributed by atoms with Gasteiger partial charge in [0, 0.05) is 24.1 Å². The van der Waals surface area contributed by atoms with Crippen LogP contribution in [0.5, 0.6) is 0 Å². The zero-order valence-electron chi connectivity index (χ0n) is 9.61. The predicted molar refractivity (Wildman–Crippen MR) is 73.4 cm³/mol. The molecule has 2 aromatic rings. The van der Waals surface area contributed by atoms with Crippen LogP contribution in [0.1, 0.15) is 17.2 Å². The molecule has 2 rings (SSSR count). The van der Waals surface area contributed by atoms with Crippen molar-refractivity contribution in [3.63, 3.8) is 0 Å². The fourth-order valence-corrected chi connectivity index (χ4v) is 2.10. The van der Waals surface area contributed by atoms with Crippen molar-refractivity contribution in [2.24, 2.45) is 5.73 Å². The van der Waals surface area contributed by atoms with Crippen molar-refractivity contribution in [1.29, 1.82) is 0 Å². The number of halogens is 2. The molecule has 0 fully saturated rings. The second kappa shape index (κ2) is 5.46. The van der Waals surface area contributed by atoms with E-state index in [1.807, 2.05) is 0 Å². The van der Waals surface area contributed by atoms with E-state index in [0.29, 0.717) is 16.6 Å². The summed E-state index contributed by atoms with van der Waals surface area (Å²) in [5.74, 6) is -0.299. The van der Waals surface area contributed by atoms with Crippen LogP contribution in [-0.4, -0.2) is 4.98 Å². The van der Waals surface area contributed by atoms with Gasteiger partial charge < -0.3 is 11.5 Å². The lowest BCUT2D eigenvalue weighted by Gasteiger charge is -2.13. The topological polar surface area (TPSA) is 64.9 Å². The lowest BCUT2D eigenvalue weighted by molar-refractivity contribution is 0.617. The van der Waals surface area contributed by atoms with Crippen molar-refractivity contribution >= 4 is 21.6 Å². The molecule has 0 saturated carbocycles. The molecule has 1 aromatic heterocycles. The molecule has 0 aliphatic rings. The first-order chi connectivity index (χ1) is 8.58. The fraction of sp³-hybridized carbons (Fsp3) is 0.154. The Labute approximate surface area is 113 Å². The van der Waals surface area contributed by atoms with Crippen LogP contribution in [0.15, 0.2) is 41.1 Å². The van der Waals surface area contributed by atoms with Gasteiger partial charge in [0.2, 0.25) is 0 Å². The summed E-state index contributed by atoms with van der Waals surface area (Å²) in [5, 5.41) is 0. The first-order valence-electron chi connectivity index (χ1n) is 5.47. The summed E-state index contributed by atoms with van der Waals surface area (Å²) in [4.78, 5) is 4.02. The SMILES string of the molecule is Nc1ccncc1CC(N)c1ccc(F)c(Br)c1. The van der Waals surface area contributed by atoms with Crippen LogP contribution in [0, 0.1) is 5.82 Å². The zero-order chi connectivity index (χ0) is 13.1. The first-order valence-corrected chi connectivity index (χ1v) is 6.26. The Morgan fingerprint density at radius 2 is 2.11 bits per heavy atom. The van der Waals surface area contributed by atoms with Crippen LogP contribution in [0.3, 0.4) is 0 Å². The maximum atomic E-state index is 13.1. The Bertz CT molecular complexity index is 560. The Morgan fingerprint density at radius 3 is 2.78 bits per heavy atom. The summed E-state index contributed by atoms with van der Waals surface area (Å²) in [6.07, 6.45) is 3.91. The predicted octanol–water partition coefficient (Wildman–Crippen LogP) is 2.81. The van der Waals surface area contributed by atoms with Crippen molar-refractivity contribution in [3.8, 4) is 0 Å². The number of benzene rings is 1. The van der Waals surface area contributed by atoms with Gasteiger partial charge in [0.15, 0.2) is 0 Å². The van der Waals surface area contributed by atoms with E-state index in [0.717, 1.165) is 11.1 Å². The minimum absolute atomic E-state index is 0.242. The van der Waals surface area contributed by atoms with Crippen molar-refractivity contribution in [2.45, 2.75) is 12.5 Å². The molecule has 3 nitrogen and oxygen atoms in total. The summed E-state index contributed by atoms with van der Waals surface area (Å²) in [7, 11) is 0. The van der Waals surface area contributed by atoms with E-state index in [1.165, 1.54) is 6.07 Å². The molecule has 1 heterocycles. The number of anilines is 1. The number of nitrogens with two attached hydrogens (primary N) is 2.